The summed E-state index contributed by atoms with van der Waals surface area (Å²) in [6, 6.07) is 13.4. The third-order valence-corrected chi connectivity index (χ3v) is 4.37. The molecule has 0 aliphatic rings. The lowest BCUT2D eigenvalue weighted by Crippen LogP contribution is -2.24. The number of amides is 1. The van der Waals surface area contributed by atoms with Gasteiger partial charge >= 0.3 is 5.97 Å². The summed E-state index contributed by atoms with van der Waals surface area (Å²) in [6.45, 7) is 2.51. The van der Waals surface area contributed by atoms with Gasteiger partial charge in [-0.3, -0.25) is 4.79 Å². The van der Waals surface area contributed by atoms with Gasteiger partial charge in [-0.25, -0.2) is 4.79 Å². The van der Waals surface area contributed by atoms with Crippen LogP contribution < -0.4 is 10.1 Å². The number of esters is 1. The molecule has 2 aromatic carbocycles. The lowest BCUT2D eigenvalue weighted by atomic mass is 10.0. The highest BCUT2D eigenvalue weighted by molar-refractivity contribution is 5.92. The summed E-state index contributed by atoms with van der Waals surface area (Å²) < 4.78 is 9.94. The molecule has 144 valence electrons. The van der Waals surface area contributed by atoms with Crippen LogP contribution >= 0.6 is 0 Å². The second kappa shape index (κ2) is 10.4. The summed E-state index contributed by atoms with van der Waals surface area (Å²) >= 11 is 0. The van der Waals surface area contributed by atoms with Crippen molar-refractivity contribution >= 4 is 11.9 Å². The molecule has 0 spiro atoms. The van der Waals surface area contributed by atoms with Gasteiger partial charge in [0.05, 0.1) is 20.6 Å². The number of hydrogen-bond donors (Lipinski definition) is 1. The second-order valence-electron chi connectivity index (χ2n) is 6.40. The molecule has 1 amide bonds. The molecular formula is C22H27NO4. The van der Waals surface area contributed by atoms with Crippen molar-refractivity contribution in [2.45, 2.75) is 39.2 Å². The zero-order valence-electron chi connectivity index (χ0n) is 16.2. The smallest absolute Gasteiger partial charge is 0.341 e. The largest absolute Gasteiger partial charge is 0.496 e. The first-order valence-corrected chi connectivity index (χ1v) is 9.17. The number of methoxy groups -OCH3 is 2. The third kappa shape index (κ3) is 6.13. The van der Waals surface area contributed by atoms with E-state index in [1.807, 2.05) is 18.2 Å². The van der Waals surface area contributed by atoms with Crippen LogP contribution in [0.25, 0.3) is 0 Å². The van der Waals surface area contributed by atoms with E-state index in [9.17, 15) is 9.59 Å². The predicted molar refractivity (Wildman–Crippen MR) is 105 cm³/mol. The van der Waals surface area contributed by atoms with Crippen LogP contribution in [0.4, 0.5) is 0 Å². The number of carbonyl (C=O) groups excluding carboxylic acids is 2. The molecule has 1 N–H and O–H groups in total. The van der Waals surface area contributed by atoms with Gasteiger partial charge in [0.2, 0.25) is 5.91 Å². The molecule has 0 bridgehead atoms. The molecule has 5 nitrogen and oxygen atoms in total. The van der Waals surface area contributed by atoms with Gasteiger partial charge in [0, 0.05) is 6.54 Å². The Labute approximate surface area is 160 Å². The van der Waals surface area contributed by atoms with Crippen LogP contribution in [0.15, 0.2) is 42.5 Å². The first kappa shape index (κ1) is 20.5. The Kier molecular flexibility index (Phi) is 7.86. The maximum atomic E-state index is 12.2. The molecule has 0 atom stereocenters. The zero-order valence-corrected chi connectivity index (χ0v) is 16.2. The first-order chi connectivity index (χ1) is 13.1. The van der Waals surface area contributed by atoms with Gasteiger partial charge in [0.25, 0.3) is 0 Å². The standard InChI is InChI=1S/C22H27NO4/c1-4-5-6-16-7-9-17(10-8-16)14-21(24)23-15-18-11-12-20(26-2)19(13-18)22(25)27-3/h7-13H,4-6,14-15H2,1-3H3,(H,23,24). The third-order valence-electron chi connectivity index (χ3n) is 4.37. The second-order valence-corrected chi connectivity index (χ2v) is 6.40. The molecule has 5 heteroatoms. The van der Waals surface area contributed by atoms with Crippen molar-refractivity contribution in [3.63, 3.8) is 0 Å². The van der Waals surface area contributed by atoms with Crippen molar-refractivity contribution in [2.24, 2.45) is 0 Å². The molecule has 0 aliphatic carbocycles. The van der Waals surface area contributed by atoms with E-state index in [-0.39, 0.29) is 5.91 Å². The van der Waals surface area contributed by atoms with Gasteiger partial charge in [-0.05, 0) is 41.7 Å². The van der Waals surface area contributed by atoms with E-state index < -0.39 is 5.97 Å². The van der Waals surface area contributed by atoms with E-state index in [1.54, 1.807) is 12.1 Å². The lowest BCUT2D eigenvalue weighted by molar-refractivity contribution is -0.120. The van der Waals surface area contributed by atoms with Crippen LogP contribution in [-0.2, 0) is 28.9 Å². The number of unbranched alkanes of at least 4 members (excludes halogenated alkanes) is 1. The first-order valence-electron chi connectivity index (χ1n) is 9.17. The maximum absolute atomic E-state index is 12.2. The zero-order chi connectivity index (χ0) is 19.6. The highest BCUT2D eigenvalue weighted by Crippen LogP contribution is 2.20. The van der Waals surface area contributed by atoms with Gasteiger partial charge in [-0.15, -0.1) is 0 Å². The number of carbonyl (C=O) groups is 2. The molecule has 27 heavy (non-hydrogen) atoms. The van der Waals surface area contributed by atoms with Gasteiger partial charge in [0.15, 0.2) is 0 Å². The molecule has 0 unspecified atom stereocenters. The minimum Gasteiger partial charge on any atom is -0.496 e. The van der Waals surface area contributed by atoms with E-state index >= 15 is 0 Å². The van der Waals surface area contributed by atoms with Crippen LogP contribution in [0.5, 0.6) is 5.75 Å². The van der Waals surface area contributed by atoms with Crippen LogP contribution in [0.1, 0.15) is 46.8 Å². The van der Waals surface area contributed by atoms with Gasteiger partial charge < -0.3 is 14.8 Å². The van der Waals surface area contributed by atoms with Crippen LogP contribution in [-0.4, -0.2) is 26.1 Å². The summed E-state index contributed by atoms with van der Waals surface area (Å²) in [5.74, 6) is -0.0879. The van der Waals surface area contributed by atoms with E-state index in [0.717, 1.165) is 17.5 Å². The molecule has 2 aromatic rings. The molecule has 0 saturated heterocycles. The highest BCUT2D eigenvalue weighted by Gasteiger charge is 2.13. The van der Waals surface area contributed by atoms with Gasteiger partial charge in [0.1, 0.15) is 11.3 Å². The van der Waals surface area contributed by atoms with E-state index in [4.69, 9.17) is 9.47 Å². The molecule has 0 aliphatic heterocycles. The van der Waals surface area contributed by atoms with Crippen LogP contribution in [0.2, 0.25) is 0 Å². The Morgan fingerprint density at radius 2 is 1.63 bits per heavy atom. The quantitative estimate of drug-likeness (QED) is 0.685. The molecule has 0 heterocycles. The molecule has 0 fully saturated rings. The normalized spacial score (nSPS) is 10.3. The minimum atomic E-state index is -0.469. The molecular weight excluding hydrogens is 342 g/mol. The highest BCUT2D eigenvalue weighted by atomic mass is 16.5. The van der Waals surface area contributed by atoms with Crippen molar-refractivity contribution in [2.75, 3.05) is 14.2 Å². The van der Waals surface area contributed by atoms with Crippen LogP contribution in [0, 0.1) is 0 Å². The Morgan fingerprint density at radius 3 is 2.26 bits per heavy atom. The van der Waals surface area contributed by atoms with Crippen LogP contribution in [0.3, 0.4) is 0 Å². The summed E-state index contributed by atoms with van der Waals surface area (Å²) in [4.78, 5) is 24.0. The Hall–Kier alpha value is -2.82. The van der Waals surface area contributed by atoms with Crippen molar-refractivity contribution in [1.82, 2.24) is 5.32 Å². The molecule has 0 saturated carbocycles. The number of nitrogens with one attached hydrogen (secondary N) is 1. The van der Waals surface area contributed by atoms with E-state index in [0.29, 0.717) is 24.3 Å². The molecule has 2 rings (SSSR count). The maximum Gasteiger partial charge on any atom is 0.341 e. The average Bonchev–Trinajstić information content (AvgIpc) is 2.71. The van der Waals surface area contributed by atoms with Gasteiger partial charge in [-0.2, -0.15) is 0 Å². The van der Waals surface area contributed by atoms with E-state index in [2.05, 4.69) is 24.4 Å². The Balaban J connectivity index is 1.92. The lowest BCUT2D eigenvalue weighted by Gasteiger charge is -2.10. The summed E-state index contributed by atoms with van der Waals surface area (Å²) in [5.41, 5.74) is 3.43. The van der Waals surface area contributed by atoms with Crippen molar-refractivity contribution in [3.05, 3.63) is 64.7 Å². The minimum absolute atomic E-state index is 0.0632. The van der Waals surface area contributed by atoms with E-state index in [1.165, 1.54) is 32.6 Å². The number of benzene rings is 2. The molecule has 0 aromatic heterocycles. The van der Waals surface area contributed by atoms with Crippen molar-refractivity contribution < 1.29 is 19.1 Å². The number of hydrogen-bond acceptors (Lipinski definition) is 4. The van der Waals surface area contributed by atoms with Crippen molar-refractivity contribution in [3.8, 4) is 5.75 Å². The number of rotatable bonds is 9. The Morgan fingerprint density at radius 1 is 0.963 bits per heavy atom. The fourth-order valence-electron chi connectivity index (χ4n) is 2.79. The fraction of sp³-hybridized carbons (Fsp3) is 0.364. The number of ether oxygens (including phenoxy) is 2. The predicted octanol–water partition coefficient (Wildman–Crippen LogP) is 3.68. The number of aryl methyl sites for hydroxylation is 1. The van der Waals surface area contributed by atoms with Crippen molar-refractivity contribution in [1.29, 1.82) is 0 Å². The fourth-order valence-corrected chi connectivity index (χ4v) is 2.79. The average molecular weight is 369 g/mol. The SMILES string of the molecule is CCCCc1ccc(CC(=O)NCc2ccc(OC)c(C(=O)OC)c2)cc1. The topological polar surface area (TPSA) is 64.6 Å². The Bertz CT molecular complexity index is 768. The monoisotopic (exact) mass is 369 g/mol. The summed E-state index contributed by atoms with van der Waals surface area (Å²) in [6.07, 6.45) is 3.75. The van der Waals surface area contributed by atoms with Gasteiger partial charge in [-0.1, -0.05) is 43.7 Å². The molecule has 0 radical (unpaired) electrons. The summed E-state index contributed by atoms with van der Waals surface area (Å²) in [5, 5.41) is 2.89. The summed E-state index contributed by atoms with van der Waals surface area (Å²) in [7, 11) is 2.82.